The van der Waals surface area contributed by atoms with E-state index in [0.29, 0.717) is 22.7 Å². The number of carbonyl (C=O) groups is 3. The predicted octanol–water partition coefficient (Wildman–Crippen LogP) is 3.99. The summed E-state index contributed by atoms with van der Waals surface area (Å²) in [6.45, 7) is 1.31. The lowest BCUT2D eigenvalue weighted by Gasteiger charge is -2.17. The van der Waals surface area contributed by atoms with E-state index in [0.717, 1.165) is 18.8 Å². The van der Waals surface area contributed by atoms with Crippen molar-refractivity contribution in [3.8, 4) is 11.5 Å². The molecule has 3 aromatic rings. The third kappa shape index (κ3) is 7.07. The summed E-state index contributed by atoms with van der Waals surface area (Å²) >= 11 is 0. The van der Waals surface area contributed by atoms with E-state index in [1.165, 1.54) is 12.8 Å². The Morgan fingerprint density at radius 1 is 0.800 bits per heavy atom. The van der Waals surface area contributed by atoms with Crippen molar-refractivity contribution in [3.05, 3.63) is 84.4 Å². The van der Waals surface area contributed by atoms with Crippen LogP contribution in [0.15, 0.2) is 78.9 Å². The molecule has 3 aromatic carbocycles. The monoisotopic (exact) mass is 473 g/mol. The molecule has 1 aliphatic rings. The zero-order valence-electron chi connectivity index (χ0n) is 19.2. The number of nitrogens with zero attached hydrogens (tertiary/aromatic N) is 1. The zero-order valence-corrected chi connectivity index (χ0v) is 19.2. The van der Waals surface area contributed by atoms with Crippen LogP contribution >= 0.6 is 0 Å². The third-order valence-corrected chi connectivity index (χ3v) is 5.48. The van der Waals surface area contributed by atoms with Gasteiger partial charge in [-0.15, -0.1) is 0 Å². The highest BCUT2D eigenvalue weighted by Crippen LogP contribution is 2.22. The van der Waals surface area contributed by atoms with Crippen molar-refractivity contribution in [3.63, 3.8) is 0 Å². The van der Waals surface area contributed by atoms with Crippen LogP contribution in [-0.2, 0) is 14.3 Å². The first-order valence-electron chi connectivity index (χ1n) is 11.5. The van der Waals surface area contributed by atoms with E-state index in [9.17, 15) is 14.4 Å². The second-order valence-corrected chi connectivity index (χ2v) is 8.07. The molecule has 0 unspecified atom stereocenters. The van der Waals surface area contributed by atoms with Crippen LogP contribution in [-0.4, -0.2) is 44.0 Å². The molecule has 2 N–H and O–H groups in total. The summed E-state index contributed by atoms with van der Waals surface area (Å²) in [5.41, 5.74) is 2.12. The summed E-state index contributed by atoms with van der Waals surface area (Å²) in [5, 5.41) is 5.18. The molecule has 2 amide bonds. The smallest absolute Gasteiger partial charge is 0.325 e. The second kappa shape index (κ2) is 11.7. The Morgan fingerprint density at radius 2 is 1.46 bits per heavy atom. The second-order valence-electron chi connectivity index (χ2n) is 8.07. The van der Waals surface area contributed by atoms with Crippen molar-refractivity contribution in [1.29, 1.82) is 0 Å². The number of hydrogen-bond donors (Lipinski definition) is 2. The molecule has 35 heavy (non-hydrogen) atoms. The maximum atomic E-state index is 12.3. The first-order valence-corrected chi connectivity index (χ1v) is 11.5. The lowest BCUT2D eigenvalue weighted by atomic mass is 10.2. The molecule has 0 radical (unpaired) electrons. The summed E-state index contributed by atoms with van der Waals surface area (Å²) in [4.78, 5) is 38.6. The van der Waals surface area contributed by atoms with Crippen LogP contribution in [0.25, 0.3) is 0 Å². The van der Waals surface area contributed by atoms with Crippen LogP contribution in [0, 0.1) is 0 Å². The molecule has 180 valence electrons. The van der Waals surface area contributed by atoms with Gasteiger partial charge in [-0.3, -0.25) is 14.4 Å². The van der Waals surface area contributed by atoms with Gasteiger partial charge in [0.25, 0.3) is 11.8 Å². The van der Waals surface area contributed by atoms with Crippen LogP contribution in [0.2, 0.25) is 0 Å². The third-order valence-electron chi connectivity index (χ3n) is 5.48. The van der Waals surface area contributed by atoms with E-state index in [1.807, 2.05) is 54.6 Å². The molecule has 1 heterocycles. The van der Waals surface area contributed by atoms with Gasteiger partial charge in [0, 0.05) is 30.0 Å². The molecule has 1 saturated heterocycles. The number of rotatable bonds is 9. The summed E-state index contributed by atoms with van der Waals surface area (Å²) in [6.07, 6.45) is 2.39. The Balaban J connectivity index is 1.16. The standard InChI is InChI=1S/C27H27N3O5/c31-25(29-21-10-12-22(13-11-21)30-16-4-5-17-30)19-34-26(32)18-28-27(33)20-8-14-24(15-9-20)35-23-6-2-1-3-7-23/h1-3,6-15H,4-5,16-19H2,(H,28,33)(H,29,31). The fourth-order valence-corrected chi connectivity index (χ4v) is 3.68. The molecule has 0 spiro atoms. The van der Waals surface area contributed by atoms with Crippen LogP contribution in [0.5, 0.6) is 11.5 Å². The van der Waals surface area contributed by atoms with Crippen molar-refractivity contribution in [2.24, 2.45) is 0 Å². The van der Waals surface area contributed by atoms with Crippen molar-refractivity contribution in [2.45, 2.75) is 12.8 Å². The van der Waals surface area contributed by atoms with Crippen LogP contribution in [0.4, 0.5) is 11.4 Å². The van der Waals surface area contributed by atoms with Gasteiger partial charge in [0.15, 0.2) is 6.61 Å². The minimum Gasteiger partial charge on any atom is -0.457 e. The van der Waals surface area contributed by atoms with E-state index >= 15 is 0 Å². The van der Waals surface area contributed by atoms with Gasteiger partial charge in [-0.1, -0.05) is 18.2 Å². The van der Waals surface area contributed by atoms with Crippen molar-refractivity contribution >= 4 is 29.2 Å². The summed E-state index contributed by atoms with van der Waals surface area (Å²) in [5.74, 6) is -0.315. The summed E-state index contributed by atoms with van der Waals surface area (Å²) in [6, 6.07) is 23.4. The number of nitrogens with one attached hydrogen (secondary N) is 2. The van der Waals surface area contributed by atoms with Gasteiger partial charge in [-0.25, -0.2) is 0 Å². The lowest BCUT2D eigenvalue weighted by molar-refractivity contribution is -0.146. The molecular weight excluding hydrogens is 446 g/mol. The molecular formula is C27H27N3O5. The molecule has 0 aliphatic carbocycles. The van der Waals surface area contributed by atoms with E-state index < -0.39 is 24.4 Å². The number of esters is 1. The van der Waals surface area contributed by atoms with Gasteiger partial charge in [0.05, 0.1) is 0 Å². The lowest BCUT2D eigenvalue weighted by Crippen LogP contribution is -2.32. The van der Waals surface area contributed by atoms with Gasteiger partial charge < -0.3 is 25.0 Å². The summed E-state index contributed by atoms with van der Waals surface area (Å²) < 4.78 is 10.7. The van der Waals surface area contributed by atoms with Gasteiger partial charge in [0.1, 0.15) is 18.0 Å². The zero-order chi connectivity index (χ0) is 24.5. The van der Waals surface area contributed by atoms with Crippen LogP contribution in [0.1, 0.15) is 23.2 Å². The SMILES string of the molecule is O=C(COC(=O)CNC(=O)c1ccc(Oc2ccccc2)cc1)Nc1ccc(N2CCCC2)cc1. The predicted molar refractivity (Wildman–Crippen MR) is 133 cm³/mol. The van der Waals surface area contributed by atoms with Crippen LogP contribution in [0.3, 0.4) is 0 Å². The number of anilines is 2. The molecule has 1 fully saturated rings. The minimum absolute atomic E-state index is 0.348. The Hall–Kier alpha value is -4.33. The van der Waals surface area contributed by atoms with Crippen molar-refractivity contribution in [2.75, 3.05) is 36.5 Å². The number of hydrogen-bond acceptors (Lipinski definition) is 6. The fraction of sp³-hybridized carbons (Fsp3) is 0.222. The Kier molecular flexibility index (Phi) is 7.96. The highest BCUT2D eigenvalue weighted by molar-refractivity contribution is 5.96. The average Bonchev–Trinajstić information content (AvgIpc) is 3.43. The van der Waals surface area contributed by atoms with Gasteiger partial charge in [0.2, 0.25) is 0 Å². The molecule has 0 atom stereocenters. The highest BCUT2D eigenvalue weighted by Gasteiger charge is 2.13. The van der Waals surface area contributed by atoms with E-state index in [4.69, 9.17) is 9.47 Å². The van der Waals surface area contributed by atoms with Crippen LogP contribution < -0.4 is 20.3 Å². The summed E-state index contributed by atoms with van der Waals surface area (Å²) in [7, 11) is 0. The fourth-order valence-electron chi connectivity index (χ4n) is 3.68. The number of para-hydroxylation sites is 1. The largest absolute Gasteiger partial charge is 0.457 e. The maximum Gasteiger partial charge on any atom is 0.325 e. The van der Waals surface area contributed by atoms with Crippen molar-refractivity contribution in [1.82, 2.24) is 5.32 Å². The van der Waals surface area contributed by atoms with E-state index in [-0.39, 0.29) is 6.54 Å². The minimum atomic E-state index is -0.707. The maximum absolute atomic E-state index is 12.3. The first kappa shape index (κ1) is 23.8. The first-order chi connectivity index (χ1) is 17.1. The van der Waals surface area contributed by atoms with Gasteiger partial charge >= 0.3 is 5.97 Å². The quantitative estimate of drug-likeness (QED) is 0.456. The number of carbonyl (C=O) groups excluding carboxylic acids is 3. The van der Waals surface area contributed by atoms with E-state index in [2.05, 4.69) is 15.5 Å². The normalized spacial score (nSPS) is 12.6. The van der Waals surface area contributed by atoms with E-state index in [1.54, 1.807) is 24.3 Å². The molecule has 4 rings (SSSR count). The number of amides is 2. The Labute approximate surface area is 203 Å². The molecule has 0 bridgehead atoms. The Morgan fingerprint density at radius 3 is 2.14 bits per heavy atom. The van der Waals surface area contributed by atoms with Gasteiger partial charge in [-0.05, 0) is 73.5 Å². The molecule has 0 aromatic heterocycles. The van der Waals surface area contributed by atoms with Crippen molar-refractivity contribution < 1.29 is 23.9 Å². The number of ether oxygens (including phenoxy) is 2. The molecule has 1 aliphatic heterocycles. The topological polar surface area (TPSA) is 97.0 Å². The number of benzene rings is 3. The molecule has 8 heteroatoms. The Bertz CT molecular complexity index is 1140. The molecule has 8 nitrogen and oxygen atoms in total. The highest BCUT2D eigenvalue weighted by atomic mass is 16.5. The van der Waals surface area contributed by atoms with Gasteiger partial charge in [-0.2, -0.15) is 0 Å². The average molecular weight is 474 g/mol. The molecule has 0 saturated carbocycles.